The Balaban J connectivity index is 2.36. The van der Waals surface area contributed by atoms with E-state index in [0.29, 0.717) is 22.2 Å². The van der Waals surface area contributed by atoms with Crippen LogP contribution in [-0.4, -0.2) is 24.3 Å². The number of hydrogen-bond acceptors (Lipinski definition) is 3. The zero-order chi connectivity index (χ0) is 13.6. The van der Waals surface area contributed by atoms with Crippen molar-refractivity contribution in [2.45, 2.75) is 13.3 Å². The van der Waals surface area contributed by atoms with Gasteiger partial charge >= 0.3 is 7.60 Å². The number of hydrogen-bond donors (Lipinski definition) is 1. The normalized spacial score (nSPS) is 14.2. The Labute approximate surface area is 116 Å². The molecule has 0 spiro atoms. The van der Waals surface area contributed by atoms with Gasteiger partial charge in [-0.25, -0.2) is 0 Å². The van der Waals surface area contributed by atoms with Crippen molar-refractivity contribution in [2.75, 3.05) is 19.4 Å². The van der Waals surface area contributed by atoms with Gasteiger partial charge in [0, 0.05) is 11.2 Å². The molecule has 1 aromatic rings. The van der Waals surface area contributed by atoms with Crippen LogP contribution in [0.15, 0.2) is 18.2 Å². The predicted molar refractivity (Wildman–Crippen MR) is 72.9 cm³/mol. The van der Waals surface area contributed by atoms with Crippen molar-refractivity contribution in [1.82, 2.24) is 0 Å². The van der Waals surface area contributed by atoms with Gasteiger partial charge in [-0.3, -0.25) is 4.57 Å². The van der Waals surface area contributed by atoms with Crippen molar-refractivity contribution in [3.05, 3.63) is 28.2 Å². The summed E-state index contributed by atoms with van der Waals surface area (Å²) >= 11 is 11.6. The average Bonchev–Trinajstić information content (AvgIpc) is 2.26. The van der Waals surface area contributed by atoms with E-state index >= 15 is 0 Å². The van der Waals surface area contributed by atoms with Gasteiger partial charge in [0.1, 0.15) is 12.4 Å². The maximum atomic E-state index is 11.4. The first-order valence-corrected chi connectivity index (χ1v) is 8.00. The van der Waals surface area contributed by atoms with Crippen LogP contribution in [0, 0.1) is 0 Å². The van der Waals surface area contributed by atoms with E-state index in [-0.39, 0.29) is 19.4 Å². The van der Waals surface area contributed by atoms with E-state index in [1.807, 2.05) is 6.92 Å². The first-order chi connectivity index (χ1) is 8.44. The molecule has 1 N–H and O–H groups in total. The highest BCUT2D eigenvalue weighted by Gasteiger charge is 2.17. The fourth-order valence-corrected chi connectivity index (χ4v) is 2.79. The molecule has 0 amide bonds. The highest BCUT2D eigenvalue weighted by atomic mass is 35.5. The Hall–Kier alpha value is -0.250. The van der Waals surface area contributed by atoms with E-state index in [2.05, 4.69) is 0 Å². The second-order valence-electron chi connectivity index (χ2n) is 3.62. The largest absolute Gasteiger partial charge is 0.490 e. The Morgan fingerprint density at radius 2 is 2.06 bits per heavy atom. The molecule has 102 valence electrons. The van der Waals surface area contributed by atoms with Gasteiger partial charge in [0.25, 0.3) is 0 Å². The molecule has 0 aliphatic carbocycles. The molecule has 1 unspecified atom stereocenters. The molecule has 0 aliphatic heterocycles. The van der Waals surface area contributed by atoms with Crippen LogP contribution in [0.1, 0.15) is 13.3 Å². The molecule has 0 saturated carbocycles. The van der Waals surface area contributed by atoms with E-state index in [4.69, 9.17) is 32.5 Å². The van der Waals surface area contributed by atoms with Crippen molar-refractivity contribution in [3.63, 3.8) is 0 Å². The van der Waals surface area contributed by atoms with Crippen LogP contribution in [0.2, 0.25) is 10.0 Å². The minimum atomic E-state index is -3.47. The topological polar surface area (TPSA) is 55.8 Å². The minimum absolute atomic E-state index is 0.0345. The fraction of sp³-hybridized carbons (Fsp3) is 0.455. The van der Waals surface area contributed by atoms with Crippen molar-refractivity contribution in [1.29, 1.82) is 0 Å². The summed E-state index contributed by atoms with van der Waals surface area (Å²) < 4.78 is 21.6. The average molecular weight is 313 g/mol. The van der Waals surface area contributed by atoms with Crippen molar-refractivity contribution in [3.8, 4) is 5.75 Å². The molecule has 0 fully saturated rings. The first kappa shape index (κ1) is 15.8. The van der Waals surface area contributed by atoms with E-state index < -0.39 is 7.60 Å². The Morgan fingerprint density at radius 1 is 1.33 bits per heavy atom. The zero-order valence-corrected chi connectivity index (χ0v) is 12.3. The maximum absolute atomic E-state index is 11.4. The molecular weight excluding hydrogens is 298 g/mol. The van der Waals surface area contributed by atoms with Crippen molar-refractivity contribution < 1.29 is 18.7 Å². The molecule has 1 aromatic carbocycles. The summed E-state index contributed by atoms with van der Waals surface area (Å²) in [6.07, 6.45) is 0.742. The lowest BCUT2D eigenvalue weighted by molar-refractivity contribution is 0.196. The molecule has 0 heterocycles. The molecule has 4 nitrogen and oxygen atoms in total. The molecule has 0 saturated heterocycles. The quantitative estimate of drug-likeness (QED) is 0.611. The van der Waals surface area contributed by atoms with Crippen LogP contribution < -0.4 is 4.74 Å². The summed E-state index contributed by atoms with van der Waals surface area (Å²) in [5.74, 6) is 0.466. The molecule has 1 rings (SSSR count). The summed E-state index contributed by atoms with van der Waals surface area (Å²) in [4.78, 5) is 9.34. The monoisotopic (exact) mass is 312 g/mol. The second-order valence-corrected chi connectivity index (χ2v) is 6.44. The molecule has 0 aliphatic rings. The number of ether oxygens (including phenoxy) is 1. The van der Waals surface area contributed by atoms with Gasteiger partial charge in [0.2, 0.25) is 0 Å². The SMILES string of the molecule is CCCP(=O)(O)OCCOc1ccc(Cl)cc1Cl. The van der Waals surface area contributed by atoms with E-state index in [9.17, 15) is 9.46 Å². The van der Waals surface area contributed by atoms with Gasteiger partial charge < -0.3 is 14.2 Å². The van der Waals surface area contributed by atoms with Crippen molar-refractivity contribution in [2.24, 2.45) is 0 Å². The van der Waals surface area contributed by atoms with Crippen LogP contribution in [0.25, 0.3) is 0 Å². The third-order valence-corrected chi connectivity index (χ3v) is 4.16. The third kappa shape index (κ3) is 5.59. The van der Waals surface area contributed by atoms with Gasteiger partial charge in [-0.2, -0.15) is 0 Å². The lowest BCUT2D eigenvalue weighted by Gasteiger charge is -2.12. The Morgan fingerprint density at radius 3 is 2.67 bits per heavy atom. The fourth-order valence-electron chi connectivity index (χ4n) is 1.27. The molecular formula is C11H15Cl2O4P. The standard InChI is InChI=1S/C11H15Cl2O4P/c1-2-7-18(14,15)17-6-5-16-11-4-3-9(12)8-10(11)13/h3-4,8H,2,5-7H2,1H3,(H,14,15). The van der Waals surface area contributed by atoms with Crippen LogP contribution in [0.3, 0.4) is 0 Å². The first-order valence-electron chi connectivity index (χ1n) is 5.49. The van der Waals surface area contributed by atoms with Gasteiger partial charge in [-0.1, -0.05) is 30.1 Å². The van der Waals surface area contributed by atoms with Gasteiger partial charge in [-0.05, 0) is 24.6 Å². The van der Waals surface area contributed by atoms with Crippen LogP contribution in [0.5, 0.6) is 5.75 Å². The Kier molecular flexibility index (Phi) is 6.47. The highest BCUT2D eigenvalue weighted by molar-refractivity contribution is 7.52. The summed E-state index contributed by atoms with van der Waals surface area (Å²) in [7, 11) is -3.47. The van der Waals surface area contributed by atoms with Gasteiger partial charge in [0.15, 0.2) is 0 Å². The maximum Gasteiger partial charge on any atom is 0.328 e. The number of rotatable bonds is 7. The molecule has 0 aromatic heterocycles. The summed E-state index contributed by atoms with van der Waals surface area (Å²) in [5, 5.41) is 0.912. The second kappa shape index (κ2) is 7.37. The summed E-state index contributed by atoms with van der Waals surface area (Å²) in [6, 6.07) is 4.85. The van der Waals surface area contributed by atoms with E-state index in [0.717, 1.165) is 0 Å². The zero-order valence-electron chi connectivity index (χ0n) is 9.94. The molecule has 0 bridgehead atoms. The van der Waals surface area contributed by atoms with Crippen LogP contribution >= 0.6 is 30.8 Å². The minimum Gasteiger partial charge on any atom is -0.490 e. The Bertz CT molecular complexity index is 439. The van der Waals surface area contributed by atoms with Crippen LogP contribution in [-0.2, 0) is 9.09 Å². The van der Waals surface area contributed by atoms with Gasteiger partial charge in [0.05, 0.1) is 11.6 Å². The van der Waals surface area contributed by atoms with Crippen molar-refractivity contribution >= 4 is 30.8 Å². The van der Waals surface area contributed by atoms with Gasteiger partial charge in [-0.15, -0.1) is 0 Å². The number of benzene rings is 1. The highest BCUT2D eigenvalue weighted by Crippen LogP contribution is 2.42. The predicted octanol–water partition coefficient (Wildman–Crippen LogP) is 3.98. The van der Waals surface area contributed by atoms with E-state index in [1.54, 1.807) is 18.2 Å². The van der Waals surface area contributed by atoms with E-state index in [1.165, 1.54) is 0 Å². The third-order valence-electron chi connectivity index (χ3n) is 2.03. The molecule has 7 heteroatoms. The molecule has 0 radical (unpaired) electrons. The van der Waals surface area contributed by atoms with Crippen LogP contribution in [0.4, 0.5) is 0 Å². The lowest BCUT2D eigenvalue weighted by atomic mass is 10.3. The molecule has 18 heavy (non-hydrogen) atoms. The number of halogens is 2. The lowest BCUT2D eigenvalue weighted by Crippen LogP contribution is -2.06. The summed E-state index contributed by atoms with van der Waals surface area (Å²) in [6.45, 7) is 2.00. The molecule has 1 atom stereocenters. The smallest absolute Gasteiger partial charge is 0.328 e. The summed E-state index contributed by atoms with van der Waals surface area (Å²) in [5.41, 5.74) is 0.